The molecule has 0 atom stereocenters. The van der Waals surface area contributed by atoms with Crippen LogP contribution in [0.15, 0.2) is 48.5 Å². The molecule has 0 bridgehead atoms. The van der Waals surface area contributed by atoms with Gasteiger partial charge in [-0.15, -0.1) is 0 Å². The summed E-state index contributed by atoms with van der Waals surface area (Å²) >= 11 is 35.2. The average molecular weight is 496 g/mol. The summed E-state index contributed by atoms with van der Waals surface area (Å²) in [6, 6.07) is 16.0. The normalized spacial score (nSPS) is 12.2. The highest BCUT2D eigenvalue weighted by Gasteiger charge is 2.34. The summed E-state index contributed by atoms with van der Waals surface area (Å²) in [5.74, 6) is 0.0829. The van der Waals surface area contributed by atoms with E-state index in [2.05, 4.69) is 39.2 Å². The van der Waals surface area contributed by atoms with E-state index in [1.807, 2.05) is 31.2 Å². The summed E-state index contributed by atoms with van der Waals surface area (Å²) in [5.41, 5.74) is 4.63. The van der Waals surface area contributed by atoms with Gasteiger partial charge in [0.1, 0.15) is 0 Å². The van der Waals surface area contributed by atoms with Crippen molar-refractivity contribution in [3.8, 4) is 22.5 Å². The SMILES string of the molecule is CCc1ccccc1-c1nc(C(Cl)(Cl)Cl)nc(C(Cl)(Cl)Cl)n1.c1cc2ccc1-2. The van der Waals surface area contributed by atoms with Gasteiger partial charge in [-0.25, -0.2) is 15.0 Å². The molecule has 0 saturated heterocycles. The van der Waals surface area contributed by atoms with Crippen LogP contribution < -0.4 is 0 Å². The molecule has 1 aromatic heterocycles. The van der Waals surface area contributed by atoms with E-state index in [0.717, 1.165) is 17.5 Å². The number of halogens is 6. The van der Waals surface area contributed by atoms with Crippen LogP contribution in [0.4, 0.5) is 0 Å². The lowest BCUT2D eigenvalue weighted by Gasteiger charge is -2.16. The average Bonchev–Trinajstić information content (AvgIpc) is 2.63. The van der Waals surface area contributed by atoms with Gasteiger partial charge in [0.25, 0.3) is 0 Å². The van der Waals surface area contributed by atoms with Gasteiger partial charge < -0.3 is 0 Å². The maximum absolute atomic E-state index is 5.86. The fraction of sp³-hybridized carbons (Fsp3) is 0.211. The molecule has 28 heavy (non-hydrogen) atoms. The van der Waals surface area contributed by atoms with Gasteiger partial charge in [0.2, 0.25) is 7.59 Å². The summed E-state index contributed by atoms with van der Waals surface area (Å²) in [6.07, 6.45) is 0.772. The zero-order chi connectivity index (χ0) is 20.5. The Morgan fingerprint density at radius 3 is 1.50 bits per heavy atom. The van der Waals surface area contributed by atoms with Crippen molar-refractivity contribution < 1.29 is 0 Å². The molecule has 3 nitrogen and oxygen atoms in total. The van der Waals surface area contributed by atoms with Gasteiger partial charge >= 0.3 is 0 Å². The third kappa shape index (κ3) is 5.02. The van der Waals surface area contributed by atoms with Gasteiger partial charge in [0, 0.05) is 5.56 Å². The number of fused-ring (bicyclic) bond motifs is 1. The van der Waals surface area contributed by atoms with E-state index < -0.39 is 7.59 Å². The molecular weight excluding hydrogens is 483 g/mol. The molecule has 0 unspecified atom stereocenters. The van der Waals surface area contributed by atoms with Gasteiger partial charge in [-0.05, 0) is 23.1 Å². The molecule has 1 aromatic carbocycles. The Kier molecular flexibility index (Phi) is 6.65. The fourth-order valence-corrected chi connectivity index (χ4v) is 2.97. The van der Waals surface area contributed by atoms with Gasteiger partial charge in [-0.1, -0.05) is 125 Å². The number of benzene rings is 2. The first-order valence-electron chi connectivity index (χ1n) is 8.18. The fourth-order valence-electron chi connectivity index (χ4n) is 2.46. The van der Waals surface area contributed by atoms with Gasteiger partial charge in [0.15, 0.2) is 17.5 Å². The van der Waals surface area contributed by atoms with Crippen LogP contribution in [-0.2, 0) is 14.0 Å². The van der Waals surface area contributed by atoms with Crippen molar-refractivity contribution in [2.75, 3.05) is 0 Å². The predicted molar refractivity (Wildman–Crippen MR) is 119 cm³/mol. The van der Waals surface area contributed by atoms with Crippen LogP contribution in [0.25, 0.3) is 22.5 Å². The van der Waals surface area contributed by atoms with Crippen LogP contribution in [0.3, 0.4) is 0 Å². The Hall–Kier alpha value is -0.810. The zero-order valence-electron chi connectivity index (χ0n) is 14.4. The number of alkyl halides is 6. The molecule has 0 spiro atoms. The summed E-state index contributed by atoms with van der Waals surface area (Å²) in [5, 5.41) is 0. The van der Waals surface area contributed by atoms with Crippen molar-refractivity contribution in [3.63, 3.8) is 0 Å². The van der Waals surface area contributed by atoms with Crippen LogP contribution in [-0.4, -0.2) is 15.0 Å². The molecule has 0 aliphatic heterocycles. The molecule has 0 fully saturated rings. The highest BCUT2D eigenvalue weighted by atomic mass is 35.6. The second kappa shape index (κ2) is 8.51. The van der Waals surface area contributed by atoms with E-state index >= 15 is 0 Å². The first kappa shape index (κ1) is 21.9. The van der Waals surface area contributed by atoms with E-state index in [4.69, 9.17) is 69.6 Å². The molecule has 2 aliphatic carbocycles. The Labute approximate surface area is 192 Å². The quantitative estimate of drug-likeness (QED) is 0.271. The lowest BCUT2D eigenvalue weighted by atomic mass is 9.95. The topological polar surface area (TPSA) is 38.7 Å². The Bertz CT molecular complexity index is 925. The van der Waals surface area contributed by atoms with Crippen LogP contribution in [0.5, 0.6) is 0 Å². The van der Waals surface area contributed by atoms with Crippen molar-refractivity contribution in [1.29, 1.82) is 0 Å². The number of rotatable bonds is 2. The largest absolute Gasteiger partial charge is 0.250 e. The monoisotopic (exact) mass is 493 g/mol. The third-order valence-corrected chi connectivity index (χ3v) is 5.01. The molecular formula is C19H13Cl6N3. The number of hydrogen-bond donors (Lipinski definition) is 0. The molecule has 2 aliphatic rings. The zero-order valence-corrected chi connectivity index (χ0v) is 19.0. The lowest BCUT2D eigenvalue weighted by Crippen LogP contribution is -2.17. The molecule has 1 heterocycles. The summed E-state index contributed by atoms with van der Waals surface area (Å²) in [4.78, 5) is 12.3. The van der Waals surface area contributed by atoms with Crippen LogP contribution in [0.2, 0.25) is 0 Å². The van der Waals surface area contributed by atoms with Crippen molar-refractivity contribution in [3.05, 3.63) is 65.7 Å². The molecule has 9 heteroatoms. The first-order chi connectivity index (χ1) is 13.1. The Balaban J connectivity index is 0.000000311. The second-order valence-electron chi connectivity index (χ2n) is 5.89. The first-order valence-corrected chi connectivity index (χ1v) is 10.5. The van der Waals surface area contributed by atoms with Crippen LogP contribution >= 0.6 is 69.6 Å². The standard InChI is InChI=1S/C13H9Cl6N3.C6H4/c1-2-7-5-3-4-6-8(7)9-20-10(12(14,15)16)22-11(21-9)13(17,18)19;1-2-6-4-3-5(1)6/h3-6H,2H2,1H3;1-4H. The van der Waals surface area contributed by atoms with Gasteiger partial charge in [0.05, 0.1) is 0 Å². The minimum Gasteiger partial charge on any atom is -0.209 e. The maximum Gasteiger partial charge on any atom is 0.250 e. The number of aromatic nitrogens is 3. The van der Waals surface area contributed by atoms with Crippen molar-refractivity contribution in [2.24, 2.45) is 0 Å². The molecule has 0 saturated carbocycles. The molecule has 2 aromatic rings. The highest BCUT2D eigenvalue weighted by Crippen LogP contribution is 2.41. The van der Waals surface area contributed by atoms with E-state index in [1.165, 1.54) is 11.1 Å². The third-order valence-electron chi connectivity index (χ3n) is 4.00. The van der Waals surface area contributed by atoms with E-state index in [9.17, 15) is 0 Å². The smallest absolute Gasteiger partial charge is 0.209 e. The number of nitrogens with zero attached hydrogens (tertiary/aromatic N) is 3. The highest BCUT2D eigenvalue weighted by molar-refractivity contribution is 6.67. The molecule has 4 rings (SSSR count). The minimum atomic E-state index is -1.86. The summed E-state index contributed by atoms with van der Waals surface area (Å²) in [7, 11) is 0. The Morgan fingerprint density at radius 1 is 0.679 bits per heavy atom. The van der Waals surface area contributed by atoms with Gasteiger partial charge in [-0.3, -0.25) is 0 Å². The number of hydrogen-bond acceptors (Lipinski definition) is 3. The molecule has 0 radical (unpaired) electrons. The van der Waals surface area contributed by atoms with E-state index in [0.29, 0.717) is 0 Å². The van der Waals surface area contributed by atoms with Crippen LogP contribution in [0, 0.1) is 0 Å². The summed E-state index contributed by atoms with van der Waals surface area (Å²) in [6.45, 7) is 2.01. The molecule has 0 N–H and O–H groups in total. The minimum absolute atomic E-state index is 0.102. The predicted octanol–water partition coefficient (Wildman–Crippen LogP) is 7.42. The van der Waals surface area contributed by atoms with Crippen molar-refractivity contribution in [1.82, 2.24) is 15.0 Å². The lowest BCUT2D eigenvalue weighted by molar-refractivity contribution is 0.850. The molecule has 146 valence electrons. The van der Waals surface area contributed by atoms with Crippen molar-refractivity contribution in [2.45, 2.75) is 20.9 Å². The number of aryl methyl sites for hydroxylation is 1. The van der Waals surface area contributed by atoms with Crippen LogP contribution in [0.1, 0.15) is 24.1 Å². The Morgan fingerprint density at radius 2 is 1.14 bits per heavy atom. The molecule has 0 amide bonds. The van der Waals surface area contributed by atoms with Crippen molar-refractivity contribution >= 4 is 69.6 Å². The van der Waals surface area contributed by atoms with E-state index in [1.54, 1.807) is 0 Å². The maximum atomic E-state index is 5.86. The van der Waals surface area contributed by atoms with Gasteiger partial charge in [-0.2, -0.15) is 0 Å². The van der Waals surface area contributed by atoms with E-state index in [-0.39, 0.29) is 17.5 Å². The second-order valence-corrected chi connectivity index (χ2v) is 10.5. The summed E-state index contributed by atoms with van der Waals surface area (Å²) < 4.78 is -3.72.